The number of carbonyl (C=O) groups excluding carboxylic acids is 1. The molecule has 1 N–H and O–H groups in total. The first-order valence-corrected chi connectivity index (χ1v) is 7.74. The maximum absolute atomic E-state index is 12.3. The van der Waals surface area contributed by atoms with Crippen molar-refractivity contribution in [3.05, 3.63) is 76.8 Å². The van der Waals surface area contributed by atoms with Crippen molar-refractivity contribution in [2.75, 3.05) is 5.32 Å². The second kappa shape index (κ2) is 7.00. The molecule has 0 aliphatic heterocycles. The Morgan fingerprint density at radius 1 is 1.08 bits per heavy atom. The lowest BCUT2D eigenvalue weighted by atomic mass is 10.1. The molecule has 6 heteroatoms. The summed E-state index contributed by atoms with van der Waals surface area (Å²) in [7, 11) is 0. The first-order chi connectivity index (χ1) is 12.0. The molecule has 0 aliphatic rings. The predicted octanol–water partition coefficient (Wildman–Crippen LogP) is 4.15. The van der Waals surface area contributed by atoms with Gasteiger partial charge in [-0.1, -0.05) is 42.5 Å². The number of nitro groups is 1. The molecular formula is C19H16N2O4. The van der Waals surface area contributed by atoms with Crippen LogP contribution in [0.15, 0.2) is 66.7 Å². The first kappa shape index (κ1) is 16.4. The van der Waals surface area contributed by atoms with Crippen LogP contribution >= 0.6 is 0 Å². The van der Waals surface area contributed by atoms with Gasteiger partial charge in [-0.3, -0.25) is 14.9 Å². The van der Waals surface area contributed by atoms with Crippen LogP contribution < -0.4 is 10.1 Å². The first-order valence-electron chi connectivity index (χ1n) is 7.74. The lowest BCUT2D eigenvalue weighted by molar-refractivity contribution is -0.384. The zero-order chi connectivity index (χ0) is 17.8. The van der Waals surface area contributed by atoms with Gasteiger partial charge in [-0.15, -0.1) is 0 Å². The number of rotatable bonds is 5. The largest absolute Gasteiger partial charge is 0.480 e. The number of fused-ring (bicyclic) bond motifs is 1. The van der Waals surface area contributed by atoms with Crippen molar-refractivity contribution in [1.82, 2.24) is 0 Å². The van der Waals surface area contributed by atoms with E-state index in [-0.39, 0.29) is 11.6 Å². The van der Waals surface area contributed by atoms with Crippen LogP contribution in [0.3, 0.4) is 0 Å². The van der Waals surface area contributed by atoms with Crippen molar-refractivity contribution in [3.63, 3.8) is 0 Å². The second-order valence-electron chi connectivity index (χ2n) is 5.53. The summed E-state index contributed by atoms with van der Waals surface area (Å²) in [5.74, 6) is 0.230. The van der Waals surface area contributed by atoms with Gasteiger partial charge in [-0.05, 0) is 24.4 Å². The lowest BCUT2D eigenvalue weighted by Crippen LogP contribution is -2.30. The van der Waals surface area contributed by atoms with Crippen LogP contribution in [0.1, 0.15) is 6.92 Å². The molecule has 6 nitrogen and oxygen atoms in total. The van der Waals surface area contributed by atoms with Crippen LogP contribution in [0.25, 0.3) is 10.8 Å². The summed E-state index contributed by atoms with van der Waals surface area (Å²) in [6, 6.07) is 19.2. The van der Waals surface area contributed by atoms with Crippen molar-refractivity contribution >= 4 is 28.1 Å². The quantitative estimate of drug-likeness (QED) is 0.560. The Balaban J connectivity index is 1.74. The van der Waals surface area contributed by atoms with Crippen LogP contribution in [0, 0.1) is 10.1 Å². The number of nitro benzene ring substituents is 1. The van der Waals surface area contributed by atoms with Gasteiger partial charge in [0.1, 0.15) is 5.75 Å². The Morgan fingerprint density at radius 3 is 2.60 bits per heavy atom. The second-order valence-corrected chi connectivity index (χ2v) is 5.53. The highest BCUT2D eigenvalue weighted by Gasteiger charge is 2.17. The maximum Gasteiger partial charge on any atom is 0.271 e. The van der Waals surface area contributed by atoms with E-state index in [0.29, 0.717) is 11.4 Å². The predicted molar refractivity (Wildman–Crippen MR) is 95.8 cm³/mol. The van der Waals surface area contributed by atoms with Gasteiger partial charge < -0.3 is 10.1 Å². The van der Waals surface area contributed by atoms with Gasteiger partial charge >= 0.3 is 0 Å². The zero-order valence-corrected chi connectivity index (χ0v) is 13.5. The third kappa shape index (κ3) is 3.74. The monoisotopic (exact) mass is 336 g/mol. The molecule has 0 fully saturated rings. The number of nitrogens with zero attached hydrogens (tertiary/aromatic N) is 1. The third-order valence-electron chi connectivity index (χ3n) is 3.75. The molecule has 3 rings (SSSR count). The molecule has 0 saturated carbocycles. The van der Waals surface area contributed by atoms with Crippen molar-refractivity contribution < 1.29 is 14.5 Å². The molecular weight excluding hydrogens is 320 g/mol. The molecule has 0 bridgehead atoms. The molecule has 0 aliphatic carbocycles. The summed E-state index contributed by atoms with van der Waals surface area (Å²) in [6.07, 6.45) is -0.759. The molecule has 0 saturated heterocycles. The van der Waals surface area contributed by atoms with E-state index in [2.05, 4.69) is 5.32 Å². The van der Waals surface area contributed by atoms with E-state index < -0.39 is 11.0 Å². The van der Waals surface area contributed by atoms with Crippen LogP contribution in [-0.4, -0.2) is 16.9 Å². The number of hydrogen-bond acceptors (Lipinski definition) is 4. The van der Waals surface area contributed by atoms with Gasteiger partial charge in [0, 0.05) is 23.2 Å². The number of amides is 1. The van der Waals surface area contributed by atoms with E-state index in [4.69, 9.17) is 4.74 Å². The Kier molecular flexibility index (Phi) is 4.61. The van der Waals surface area contributed by atoms with E-state index in [0.717, 1.165) is 10.8 Å². The molecule has 1 amide bonds. The summed E-state index contributed by atoms with van der Waals surface area (Å²) in [4.78, 5) is 22.6. The van der Waals surface area contributed by atoms with Gasteiger partial charge in [0.15, 0.2) is 6.10 Å². The average molecular weight is 336 g/mol. The van der Waals surface area contributed by atoms with E-state index >= 15 is 0 Å². The highest BCUT2D eigenvalue weighted by Crippen LogP contribution is 2.26. The van der Waals surface area contributed by atoms with Crippen molar-refractivity contribution in [1.29, 1.82) is 0 Å². The van der Waals surface area contributed by atoms with Crippen molar-refractivity contribution in [2.45, 2.75) is 13.0 Å². The molecule has 25 heavy (non-hydrogen) atoms. The molecule has 126 valence electrons. The van der Waals surface area contributed by atoms with Gasteiger partial charge in [-0.2, -0.15) is 0 Å². The lowest BCUT2D eigenvalue weighted by Gasteiger charge is -2.16. The minimum absolute atomic E-state index is 0.0829. The van der Waals surface area contributed by atoms with Gasteiger partial charge in [0.05, 0.1) is 4.92 Å². The topological polar surface area (TPSA) is 81.5 Å². The number of ether oxygens (including phenoxy) is 1. The Bertz CT molecular complexity index is 934. The van der Waals surface area contributed by atoms with Gasteiger partial charge in [-0.25, -0.2) is 0 Å². The normalized spacial score (nSPS) is 11.7. The van der Waals surface area contributed by atoms with E-state index in [1.807, 2.05) is 36.4 Å². The Labute approximate surface area is 144 Å². The molecule has 3 aromatic carbocycles. The number of carbonyl (C=O) groups is 1. The van der Waals surface area contributed by atoms with Crippen LogP contribution in [0.2, 0.25) is 0 Å². The fourth-order valence-corrected chi connectivity index (χ4v) is 2.48. The van der Waals surface area contributed by atoms with Gasteiger partial charge in [0.2, 0.25) is 0 Å². The maximum atomic E-state index is 12.3. The summed E-state index contributed by atoms with van der Waals surface area (Å²) in [5.41, 5.74) is 0.271. The Hall–Kier alpha value is -3.41. The number of nitrogens with one attached hydrogen (secondary N) is 1. The molecule has 0 radical (unpaired) electrons. The van der Waals surface area contributed by atoms with Crippen LogP contribution in [-0.2, 0) is 4.79 Å². The SMILES string of the molecule is C[C@H](Oc1cccc2ccccc12)C(=O)Nc1cccc([N+](=O)[O-])c1. The number of benzene rings is 3. The summed E-state index contributed by atoms with van der Waals surface area (Å²) < 4.78 is 5.79. The molecule has 0 aromatic heterocycles. The standard InChI is InChI=1S/C19H16N2O4/c1-13(19(22)20-15-8-5-9-16(12-15)21(23)24)25-18-11-4-7-14-6-2-3-10-17(14)18/h2-13H,1H3,(H,20,22)/t13-/m0/s1. The third-order valence-corrected chi connectivity index (χ3v) is 3.75. The highest BCUT2D eigenvalue weighted by molar-refractivity contribution is 5.95. The van der Waals surface area contributed by atoms with Crippen molar-refractivity contribution in [3.8, 4) is 5.75 Å². The smallest absolute Gasteiger partial charge is 0.271 e. The summed E-state index contributed by atoms with van der Waals surface area (Å²) in [5, 5.41) is 15.4. The minimum atomic E-state index is -0.759. The number of hydrogen-bond donors (Lipinski definition) is 1. The zero-order valence-electron chi connectivity index (χ0n) is 13.5. The molecule has 0 heterocycles. The van der Waals surface area contributed by atoms with Crippen LogP contribution in [0.5, 0.6) is 5.75 Å². The van der Waals surface area contributed by atoms with E-state index in [9.17, 15) is 14.9 Å². The number of non-ortho nitro benzene ring substituents is 1. The van der Waals surface area contributed by atoms with Gasteiger partial charge in [0.25, 0.3) is 11.6 Å². The molecule has 0 unspecified atom stereocenters. The molecule has 0 spiro atoms. The minimum Gasteiger partial charge on any atom is -0.480 e. The molecule has 1 atom stereocenters. The summed E-state index contributed by atoms with van der Waals surface area (Å²) in [6.45, 7) is 1.63. The Morgan fingerprint density at radius 2 is 1.80 bits per heavy atom. The molecule has 3 aromatic rings. The van der Waals surface area contributed by atoms with Crippen LogP contribution in [0.4, 0.5) is 11.4 Å². The van der Waals surface area contributed by atoms with Crippen molar-refractivity contribution in [2.24, 2.45) is 0 Å². The highest BCUT2D eigenvalue weighted by atomic mass is 16.6. The fourth-order valence-electron chi connectivity index (χ4n) is 2.48. The fraction of sp³-hybridized carbons (Fsp3) is 0.105. The summed E-state index contributed by atoms with van der Waals surface area (Å²) >= 11 is 0. The van der Waals surface area contributed by atoms with E-state index in [1.165, 1.54) is 18.2 Å². The number of anilines is 1. The van der Waals surface area contributed by atoms with E-state index in [1.54, 1.807) is 19.1 Å². The average Bonchev–Trinajstić information content (AvgIpc) is 2.62.